The van der Waals surface area contributed by atoms with Crippen LogP contribution in [0.1, 0.15) is 19.4 Å². The smallest absolute Gasteiger partial charge is 0.119 e. The summed E-state index contributed by atoms with van der Waals surface area (Å²) in [5.74, 6) is 1.53. The van der Waals surface area contributed by atoms with E-state index in [1.807, 2.05) is 24.3 Å². The minimum Gasteiger partial charge on any atom is -0.492 e. The molecule has 0 unspecified atom stereocenters. The van der Waals surface area contributed by atoms with Crippen molar-refractivity contribution in [3.63, 3.8) is 0 Å². The number of nitrogens with two attached hydrogens (primary N) is 1. The summed E-state index contributed by atoms with van der Waals surface area (Å²) in [6, 6.07) is 7.57. The zero-order valence-corrected chi connectivity index (χ0v) is 12.2. The van der Waals surface area contributed by atoms with Gasteiger partial charge in [0.2, 0.25) is 0 Å². The monoisotopic (exact) mass is 266 g/mol. The fourth-order valence-electron chi connectivity index (χ4n) is 1.75. The predicted molar refractivity (Wildman–Crippen MR) is 80.2 cm³/mol. The van der Waals surface area contributed by atoms with Crippen molar-refractivity contribution in [1.29, 1.82) is 0 Å². The van der Waals surface area contributed by atoms with Crippen LogP contribution in [0, 0.1) is 5.92 Å². The standard InChI is InChI=1S/C14H22N2OS/c1-11(2)10-16(3)8-9-17-13-6-4-12(5-7-13)14(15)18/h4-7,11H,8-10H2,1-3H3,(H2,15,18). The second-order valence-corrected chi connectivity index (χ2v) is 5.33. The predicted octanol–water partition coefficient (Wildman–Crippen LogP) is 2.29. The molecule has 2 N–H and O–H groups in total. The van der Waals surface area contributed by atoms with Crippen LogP contribution >= 0.6 is 12.2 Å². The lowest BCUT2D eigenvalue weighted by atomic mass is 10.2. The van der Waals surface area contributed by atoms with Gasteiger partial charge in [0.25, 0.3) is 0 Å². The van der Waals surface area contributed by atoms with Crippen molar-refractivity contribution in [3.05, 3.63) is 29.8 Å². The molecule has 0 saturated carbocycles. The first-order chi connectivity index (χ1) is 8.49. The number of nitrogens with zero attached hydrogens (tertiary/aromatic N) is 1. The Morgan fingerprint density at radius 1 is 1.33 bits per heavy atom. The van der Waals surface area contributed by atoms with E-state index in [-0.39, 0.29) is 0 Å². The molecule has 0 aliphatic heterocycles. The molecule has 0 aliphatic carbocycles. The third-order valence-corrected chi connectivity index (χ3v) is 2.79. The molecule has 0 heterocycles. The Kier molecular flexibility index (Phi) is 6.09. The minimum atomic E-state index is 0.415. The molecular formula is C14H22N2OS. The van der Waals surface area contributed by atoms with Gasteiger partial charge in [0.1, 0.15) is 17.3 Å². The van der Waals surface area contributed by atoms with Crippen molar-refractivity contribution in [2.45, 2.75) is 13.8 Å². The van der Waals surface area contributed by atoms with Gasteiger partial charge in [-0.2, -0.15) is 0 Å². The van der Waals surface area contributed by atoms with Crippen LogP contribution in [0.5, 0.6) is 5.75 Å². The molecule has 0 aromatic heterocycles. The second kappa shape index (κ2) is 7.34. The lowest BCUT2D eigenvalue weighted by Crippen LogP contribution is -2.27. The SMILES string of the molecule is CC(C)CN(C)CCOc1ccc(C(N)=S)cc1. The van der Waals surface area contributed by atoms with E-state index in [1.165, 1.54) is 0 Å². The van der Waals surface area contributed by atoms with Crippen LogP contribution < -0.4 is 10.5 Å². The molecule has 0 bridgehead atoms. The first-order valence-corrected chi connectivity index (χ1v) is 6.61. The Hall–Kier alpha value is -1.13. The van der Waals surface area contributed by atoms with Gasteiger partial charge >= 0.3 is 0 Å². The van der Waals surface area contributed by atoms with Crippen molar-refractivity contribution in [3.8, 4) is 5.75 Å². The molecule has 100 valence electrons. The average Bonchev–Trinajstić information content (AvgIpc) is 2.28. The van der Waals surface area contributed by atoms with E-state index in [9.17, 15) is 0 Å². The first kappa shape index (κ1) is 14.9. The highest BCUT2D eigenvalue weighted by molar-refractivity contribution is 7.80. The third kappa shape index (κ3) is 5.47. The molecule has 4 heteroatoms. The summed E-state index contributed by atoms with van der Waals surface area (Å²) < 4.78 is 5.67. The van der Waals surface area contributed by atoms with Gasteiger partial charge in [0.05, 0.1) is 0 Å². The van der Waals surface area contributed by atoms with Crippen LogP contribution in [0.2, 0.25) is 0 Å². The van der Waals surface area contributed by atoms with Gasteiger partial charge in [-0.05, 0) is 37.2 Å². The molecular weight excluding hydrogens is 244 g/mol. The number of hydrogen-bond donors (Lipinski definition) is 1. The first-order valence-electron chi connectivity index (χ1n) is 6.20. The van der Waals surface area contributed by atoms with Crippen LogP contribution in [0.4, 0.5) is 0 Å². The quantitative estimate of drug-likeness (QED) is 0.769. The zero-order chi connectivity index (χ0) is 13.5. The number of hydrogen-bond acceptors (Lipinski definition) is 3. The van der Waals surface area contributed by atoms with Crippen molar-refractivity contribution in [2.75, 3.05) is 26.7 Å². The molecule has 0 atom stereocenters. The Balaban J connectivity index is 2.33. The second-order valence-electron chi connectivity index (χ2n) is 4.89. The van der Waals surface area contributed by atoms with E-state index >= 15 is 0 Å². The fraction of sp³-hybridized carbons (Fsp3) is 0.500. The van der Waals surface area contributed by atoms with Crippen molar-refractivity contribution >= 4 is 17.2 Å². The highest BCUT2D eigenvalue weighted by atomic mass is 32.1. The molecule has 1 rings (SSSR count). The molecule has 1 aromatic carbocycles. The van der Waals surface area contributed by atoms with Crippen molar-refractivity contribution in [2.24, 2.45) is 11.7 Å². The third-order valence-electron chi connectivity index (χ3n) is 2.56. The summed E-state index contributed by atoms with van der Waals surface area (Å²) in [7, 11) is 2.11. The summed E-state index contributed by atoms with van der Waals surface area (Å²) in [6.07, 6.45) is 0. The van der Waals surface area contributed by atoms with E-state index in [0.717, 1.165) is 24.4 Å². The summed E-state index contributed by atoms with van der Waals surface area (Å²) in [5, 5.41) is 0. The van der Waals surface area contributed by atoms with E-state index in [4.69, 9.17) is 22.7 Å². The summed E-state index contributed by atoms with van der Waals surface area (Å²) in [4.78, 5) is 2.69. The van der Waals surface area contributed by atoms with E-state index in [0.29, 0.717) is 17.5 Å². The van der Waals surface area contributed by atoms with Crippen molar-refractivity contribution in [1.82, 2.24) is 4.90 Å². The van der Waals surface area contributed by atoms with Crippen LogP contribution in [0.25, 0.3) is 0 Å². The Labute approximate surface area is 115 Å². The number of rotatable bonds is 7. The van der Waals surface area contributed by atoms with Crippen LogP contribution in [-0.2, 0) is 0 Å². The van der Waals surface area contributed by atoms with Crippen molar-refractivity contribution < 1.29 is 4.74 Å². The Morgan fingerprint density at radius 3 is 2.44 bits per heavy atom. The lowest BCUT2D eigenvalue weighted by molar-refractivity contribution is 0.223. The van der Waals surface area contributed by atoms with Crippen LogP contribution in [0.3, 0.4) is 0 Å². The van der Waals surface area contributed by atoms with Gasteiger partial charge in [-0.25, -0.2) is 0 Å². The zero-order valence-electron chi connectivity index (χ0n) is 11.3. The molecule has 0 spiro atoms. The molecule has 0 radical (unpaired) electrons. The van der Waals surface area contributed by atoms with Gasteiger partial charge in [-0.15, -0.1) is 0 Å². The normalized spacial score (nSPS) is 10.9. The molecule has 0 fully saturated rings. The molecule has 0 saturated heterocycles. The van der Waals surface area contributed by atoms with Crippen LogP contribution in [0.15, 0.2) is 24.3 Å². The average molecular weight is 266 g/mol. The van der Waals surface area contributed by atoms with Gasteiger partial charge in [-0.3, -0.25) is 0 Å². The molecule has 18 heavy (non-hydrogen) atoms. The maximum absolute atomic E-state index is 5.67. The lowest BCUT2D eigenvalue weighted by Gasteiger charge is -2.18. The Bertz CT molecular complexity index is 376. The van der Waals surface area contributed by atoms with E-state index < -0.39 is 0 Å². The Morgan fingerprint density at radius 2 is 1.94 bits per heavy atom. The van der Waals surface area contributed by atoms with E-state index in [1.54, 1.807) is 0 Å². The number of benzene rings is 1. The molecule has 3 nitrogen and oxygen atoms in total. The fourth-order valence-corrected chi connectivity index (χ4v) is 1.89. The van der Waals surface area contributed by atoms with Crippen LogP contribution in [-0.4, -0.2) is 36.6 Å². The number of likely N-dealkylation sites (N-methyl/N-ethyl adjacent to an activating group) is 1. The molecule has 0 amide bonds. The molecule has 0 aliphatic rings. The molecule has 1 aromatic rings. The topological polar surface area (TPSA) is 38.5 Å². The van der Waals surface area contributed by atoms with Gasteiger partial charge < -0.3 is 15.4 Å². The highest BCUT2D eigenvalue weighted by Crippen LogP contribution is 2.12. The number of thiocarbonyl (C=S) groups is 1. The maximum atomic E-state index is 5.67. The van der Waals surface area contributed by atoms with E-state index in [2.05, 4.69) is 25.8 Å². The maximum Gasteiger partial charge on any atom is 0.119 e. The largest absolute Gasteiger partial charge is 0.492 e. The summed E-state index contributed by atoms with van der Waals surface area (Å²) in [6.45, 7) is 7.13. The number of ether oxygens (including phenoxy) is 1. The van der Waals surface area contributed by atoms with Gasteiger partial charge in [0, 0.05) is 18.7 Å². The minimum absolute atomic E-state index is 0.415. The summed E-state index contributed by atoms with van der Waals surface area (Å²) in [5.41, 5.74) is 6.40. The van der Waals surface area contributed by atoms with Gasteiger partial charge in [0.15, 0.2) is 0 Å². The highest BCUT2D eigenvalue weighted by Gasteiger charge is 2.02. The van der Waals surface area contributed by atoms with Gasteiger partial charge in [-0.1, -0.05) is 26.1 Å². The summed E-state index contributed by atoms with van der Waals surface area (Å²) >= 11 is 4.90.